The van der Waals surface area contributed by atoms with E-state index in [-0.39, 0.29) is 16.9 Å². The number of nitrogens with one attached hydrogen (secondary N) is 3. The van der Waals surface area contributed by atoms with E-state index in [1.54, 1.807) is 18.2 Å². The Kier molecular flexibility index (Phi) is 7.63. The number of carbonyl (C=O) groups is 3. The summed E-state index contributed by atoms with van der Waals surface area (Å²) in [6.45, 7) is 7.79. The number of amides is 3. The van der Waals surface area contributed by atoms with Gasteiger partial charge in [0.05, 0.1) is 14.2 Å². The van der Waals surface area contributed by atoms with Gasteiger partial charge in [-0.3, -0.25) is 25.2 Å². The molecule has 0 radical (unpaired) electrons. The van der Waals surface area contributed by atoms with E-state index in [2.05, 4.69) is 36.9 Å². The van der Waals surface area contributed by atoms with Crippen LogP contribution in [0.3, 0.4) is 0 Å². The predicted octanol–water partition coefficient (Wildman–Crippen LogP) is 2.58. The fourth-order valence-electron chi connectivity index (χ4n) is 2.74. The van der Waals surface area contributed by atoms with E-state index in [1.807, 2.05) is 12.1 Å². The van der Waals surface area contributed by atoms with Crippen LogP contribution in [0.1, 0.15) is 54.0 Å². The molecule has 2 rings (SSSR count). The van der Waals surface area contributed by atoms with Crippen LogP contribution in [0.15, 0.2) is 42.5 Å². The van der Waals surface area contributed by atoms with Crippen LogP contribution in [-0.2, 0) is 10.2 Å². The topological polar surface area (TPSA) is 106 Å². The zero-order valence-corrected chi connectivity index (χ0v) is 18.7. The van der Waals surface area contributed by atoms with Crippen LogP contribution in [0.2, 0.25) is 0 Å². The van der Waals surface area contributed by atoms with Crippen molar-refractivity contribution in [2.45, 2.75) is 39.2 Å². The highest BCUT2D eigenvalue weighted by Crippen LogP contribution is 2.27. The van der Waals surface area contributed by atoms with Crippen molar-refractivity contribution in [1.82, 2.24) is 16.2 Å². The average Bonchev–Trinajstić information content (AvgIpc) is 2.75. The van der Waals surface area contributed by atoms with Gasteiger partial charge in [0, 0.05) is 11.1 Å². The second kappa shape index (κ2) is 9.97. The van der Waals surface area contributed by atoms with Crippen LogP contribution >= 0.6 is 0 Å². The molecule has 3 N–H and O–H groups in total. The lowest BCUT2D eigenvalue weighted by Gasteiger charge is -2.19. The first-order valence-corrected chi connectivity index (χ1v) is 9.80. The van der Waals surface area contributed by atoms with Crippen LogP contribution < -0.4 is 25.6 Å². The van der Waals surface area contributed by atoms with Crippen LogP contribution in [0.5, 0.6) is 11.5 Å². The Hall–Kier alpha value is -3.55. The van der Waals surface area contributed by atoms with Gasteiger partial charge in [0.15, 0.2) is 11.5 Å². The van der Waals surface area contributed by atoms with Crippen molar-refractivity contribution in [2.24, 2.45) is 0 Å². The normalized spacial score (nSPS) is 11.8. The number of hydrogen-bond acceptors (Lipinski definition) is 5. The van der Waals surface area contributed by atoms with Crippen molar-refractivity contribution in [1.29, 1.82) is 0 Å². The Morgan fingerprint density at radius 1 is 0.806 bits per heavy atom. The molecule has 0 bridgehead atoms. The van der Waals surface area contributed by atoms with Gasteiger partial charge in [-0.05, 0) is 48.2 Å². The number of hydrazine groups is 1. The molecule has 3 amide bonds. The van der Waals surface area contributed by atoms with Crippen molar-refractivity contribution in [3.63, 3.8) is 0 Å². The summed E-state index contributed by atoms with van der Waals surface area (Å²) in [5.74, 6) is -0.608. The van der Waals surface area contributed by atoms with E-state index >= 15 is 0 Å². The fraction of sp³-hybridized carbons (Fsp3) is 0.348. The van der Waals surface area contributed by atoms with Gasteiger partial charge in [-0.15, -0.1) is 0 Å². The fourth-order valence-corrected chi connectivity index (χ4v) is 2.74. The first-order valence-electron chi connectivity index (χ1n) is 9.80. The van der Waals surface area contributed by atoms with E-state index in [0.29, 0.717) is 17.1 Å². The molecule has 1 atom stereocenters. The van der Waals surface area contributed by atoms with Crippen molar-refractivity contribution in [3.8, 4) is 11.5 Å². The number of carbonyl (C=O) groups excluding carboxylic acids is 3. The Morgan fingerprint density at radius 2 is 1.39 bits per heavy atom. The van der Waals surface area contributed by atoms with Gasteiger partial charge in [0.2, 0.25) is 0 Å². The highest BCUT2D eigenvalue weighted by Gasteiger charge is 2.19. The maximum absolute atomic E-state index is 12.4. The quantitative estimate of drug-likeness (QED) is 0.615. The predicted molar refractivity (Wildman–Crippen MR) is 117 cm³/mol. The third kappa shape index (κ3) is 6.21. The van der Waals surface area contributed by atoms with Crippen LogP contribution in [0, 0.1) is 0 Å². The summed E-state index contributed by atoms with van der Waals surface area (Å²) in [7, 11) is 2.95. The highest BCUT2D eigenvalue weighted by molar-refractivity contribution is 5.99. The van der Waals surface area contributed by atoms with Gasteiger partial charge >= 0.3 is 0 Å². The number of ether oxygens (including phenoxy) is 2. The maximum atomic E-state index is 12.4. The van der Waals surface area contributed by atoms with E-state index in [0.717, 1.165) is 5.56 Å². The molecule has 0 aliphatic rings. The highest BCUT2D eigenvalue weighted by atomic mass is 16.5. The first kappa shape index (κ1) is 23.7. The lowest BCUT2D eigenvalue weighted by atomic mass is 9.86. The third-order valence-electron chi connectivity index (χ3n) is 4.70. The van der Waals surface area contributed by atoms with Crippen molar-refractivity contribution >= 4 is 17.7 Å². The van der Waals surface area contributed by atoms with Gasteiger partial charge in [0.25, 0.3) is 17.7 Å². The van der Waals surface area contributed by atoms with Crippen LogP contribution in [0.25, 0.3) is 0 Å². The minimum Gasteiger partial charge on any atom is -0.493 e. The molecule has 2 aromatic carbocycles. The molecular formula is C23H29N3O5. The Bertz CT molecular complexity index is 949. The summed E-state index contributed by atoms with van der Waals surface area (Å²) in [6, 6.07) is 11.0. The third-order valence-corrected chi connectivity index (χ3v) is 4.70. The largest absolute Gasteiger partial charge is 0.493 e. The molecule has 0 saturated carbocycles. The van der Waals surface area contributed by atoms with E-state index < -0.39 is 17.9 Å². The molecule has 8 heteroatoms. The molecule has 0 saturated heterocycles. The van der Waals surface area contributed by atoms with Gasteiger partial charge in [-0.2, -0.15) is 0 Å². The molecule has 0 fully saturated rings. The summed E-state index contributed by atoms with van der Waals surface area (Å²) in [6.07, 6.45) is 0. The molecule has 2 aromatic rings. The molecule has 166 valence electrons. The number of methoxy groups -OCH3 is 2. The van der Waals surface area contributed by atoms with Gasteiger partial charge < -0.3 is 14.8 Å². The second-order valence-corrected chi connectivity index (χ2v) is 8.04. The average molecular weight is 428 g/mol. The standard InChI is InChI=1S/C23H29N3O5/c1-14(24-21(28)15-7-10-17(11-8-15)23(2,3)4)20(27)25-26-22(29)16-9-12-18(30-5)19(13-16)31-6/h7-14H,1-6H3,(H,24,28)(H,25,27)(H,26,29)/t14-/m0/s1. The summed E-state index contributed by atoms with van der Waals surface area (Å²) < 4.78 is 10.3. The first-order chi connectivity index (χ1) is 14.6. The smallest absolute Gasteiger partial charge is 0.269 e. The summed E-state index contributed by atoms with van der Waals surface area (Å²) in [5.41, 5.74) is 6.43. The minimum atomic E-state index is -0.861. The Labute approximate surface area is 182 Å². The van der Waals surface area contributed by atoms with E-state index in [1.165, 1.54) is 33.3 Å². The Morgan fingerprint density at radius 3 is 1.94 bits per heavy atom. The molecule has 0 aliphatic heterocycles. The van der Waals surface area contributed by atoms with Crippen LogP contribution in [0.4, 0.5) is 0 Å². The molecular weight excluding hydrogens is 398 g/mol. The number of benzene rings is 2. The summed E-state index contributed by atoms with van der Waals surface area (Å²) >= 11 is 0. The van der Waals surface area contributed by atoms with Crippen molar-refractivity contribution in [2.75, 3.05) is 14.2 Å². The molecule has 0 unspecified atom stereocenters. The van der Waals surface area contributed by atoms with Crippen molar-refractivity contribution < 1.29 is 23.9 Å². The zero-order valence-electron chi connectivity index (χ0n) is 18.7. The second-order valence-electron chi connectivity index (χ2n) is 8.04. The SMILES string of the molecule is COc1ccc(C(=O)NNC(=O)[C@H](C)NC(=O)c2ccc(C(C)(C)C)cc2)cc1OC. The maximum Gasteiger partial charge on any atom is 0.269 e. The number of rotatable bonds is 6. The molecule has 0 aromatic heterocycles. The lowest BCUT2D eigenvalue weighted by Crippen LogP contribution is -2.51. The molecule has 0 spiro atoms. The van der Waals surface area contributed by atoms with Crippen molar-refractivity contribution in [3.05, 3.63) is 59.2 Å². The van der Waals surface area contributed by atoms with Gasteiger partial charge in [0.1, 0.15) is 6.04 Å². The summed E-state index contributed by atoms with van der Waals surface area (Å²) in [4.78, 5) is 37.0. The molecule has 8 nitrogen and oxygen atoms in total. The molecule has 0 heterocycles. The minimum absolute atomic E-state index is 0.0196. The lowest BCUT2D eigenvalue weighted by molar-refractivity contribution is -0.123. The van der Waals surface area contributed by atoms with E-state index in [4.69, 9.17) is 9.47 Å². The number of hydrogen-bond donors (Lipinski definition) is 3. The summed E-state index contributed by atoms with van der Waals surface area (Å²) in [5, 5.41) is 2.61. The Balaban J connectivity index is 1.92. The van der Waals surface area contributed by atoms with Crippen LogP contribution in [-0.4, -0.2) is 38.0 Å². The van der Waals surface area contributed by atoms with Gasteiger partial charge in [-0.25, -0.2) is 0 Å². The molecule has 0 aliphatic carbocycles. The van der Waals surface area contributed by atoms with Gasteiger partial charge in [-0.1, -0.05) is 32.9 Å². The zero-order chi connectivity index (χ0) is 23.2. The molecule has 31 heavy (non-hydrogen) atoms. The monoisotopic (exact) mass is 427 g/mol. The van der Waals surface area contributed by atoms with E-state index in [9.17, 15) is 14.4 Å².